The molecule has 5 nitrogen and oxygen atoms in total. The number of aryl methyl sites for hydroxylation is 2. The molecule has 0 aliphatic carbocycles. The van der Waals surface area contributed by atoms with Crippen LogP contribution >= 0.6 is 11.8 Å². The van der Waals surface area contributed by atoms with Gasteiger partial charge in [-0.05, 0) is 44.1 Å². The van der Waals surface area contributed by atoms with Gasteiger partial charge in [-0.25, -0.2) is 0 Å². The van der Waals surface area contributed by atoms with E-state index in [1.165, 1.54) is 29.3 Å². The van der Waals surface area contributed by atoms with E-state index < -0.39 is 0 Å². The minimum atomic E-state index is 0.121. The lowest BCUT2D eigenvalue weighted by molar-refractivity contribution is -0.132. The molecule has 154 valence electrons. The largest absolute Gasteiger partial charge is 0.378 e. The summed E-state index contributed by atoms with van der Waals surface area (Å²) >= 11 is 1.44. The Morgan fingerprint density at radius 2 is 1.54 bits per heavy atom. The third-order valence-electron chi connectivity index (χ3n) is 5.74. The van der Waals surface area contributed by atoms with Crippen molar-refractivity contribution in [3.8, 4) is 0 Å². The zero-order chi connectivity index (χ0) is 19.8. The first kappa shape index (κ1) is 21.2. The van der Waals surface area contributed by atoms with E-state index in [2.05, 4.69) is 31.2 Å². The van der Waals surface area contributed by atoms with Crippen LogP contribution in [0.3, 0.4) is 0 Å². The number of hydrogen-bond acceptors (Lipinski definition) is 4. The number of rotatable bonds is 7. The predicted octanol–water partition coefficient (Wildman–Crippen LogP) is 2.76. The molecule has 28 heavy (non-hydrogen) atoms. The minimum absolute atomic E-state index is 0.121. The van der Waals surface area contributed by atoms with Crippen LogP contribution in [0.25, 0.3) is 0 Å². The second kappa shape index (κ2) is 10.9. The molecule has 0 saturated carbocycles. The number of thioether (sulfide) groups is 1. The normalized spacial score (nSPS) is 18.3. The van der Waals surface area contributed by atoms with E-state index in [0.717, 1.165) is 32.4 Å². The maximum absolute atomic E-state index is 12.4. The van der Waals surface area contributed by atoms with Crippen LogP contribution in [0.1, 0.15) is 30.4 Å². The predicted molar refractivity (Wildman–Crippen MR) is 114 cm³/mol. The molecule has 2 fully saturated rings. The van der Waals surface area contributed by atoms with E-state index in [1.807, 2.05) is 9.80 Å². The number of carbonyl (C=O) groups is 2. The number of morpholine rings is 1. The van der Waals surface area contributed by atoms with Crippen LogP contribution in [0.2, 0.25) is 0 Å². The zero-order valence-electron chi connectivity index (χ0n) is 16.9. The summed E-state index contributed by atoms with van der Waals surface area (Å²) in [7, 11) is 0. The highest BCUT2D eigenvalue weighted by Gasteiger charge is 2.23. The van der Waals surface area contributed by atoms with E-state index in [4.69, 9.17) is 4.74 Å². The SMILES string of the molecule is Cc1ccc(CCC2CCN(C(=O)CSCC(=O)N3CCOCC3)CC2)cc1. The molecule has 1 aromatic rings. The third kappa shape index (κ3) is 6.52. The minimum Gasteiger partial charge on any atom is -0.378 e. The van der Waals surface area contributed by atoms with Crippen molar-refractivity contribution >= 4 is 23.6 Å². The number of amides is 2. The van der Waals surface area contributed by atoms with Crippen LogP contribution in [-0.2, 0) is 20.7 Å². The molecule has 1 aromatic carbocycles. The molecule has 0 bridgehead atoms. The zero-order valence-corrected chi connectivity index (χ0v) is 17.7. The highest BCUT2D eigenvalue weighted by atomic mass is 32.2. The number of ether oxygens (including phenoxy) is 1. The van der Waals surface area contributed by atoms with Gasteiger partial charge in [0.2, 0.25) is 11.8 Å². The maximum atomic E-state index is 12.4. The molecule has 2 aliphatic rings. The fraction of sp³-hybridized carbons (Fsp3) is 0.636. The summed E-state index contributed by atoms with van der Waals surface area (Å²) in [6, 6.07) is 8.81. The van der Waals surface area contributed by atoms with Crippen molar-refractivity contribution in [2.75, 3.05) is 50.9 Å². The van der Waals surface area contributed by atoms with Crippen LogP contribution in [0, 0.1) is 12.8 Å². The summed E-state index contributed by atoms with van der Waals surface area (Å²) in [5.74, 6) is 1.80. The molecule has 0 radical (unpaired) electrons. The quantitative estimate of drug-likeness (QED) is 0.701. The summed E-state index contributed by atoms with van der Waals surface area (Å²) in [5.41, 5.74) is 2.71. The van der Waals surface area contributed by atoms with Crippen molar-refractivity contribution in [2.24, 2.45) is 5.92 Å². The lowest BCUT2D eigenvalue weighted by Crippen LogP contribution is -2.42. The van der Waals surface area contributed by atoms with Gasteiger partial charge < -0.3 is 14.5 Å². The van der Waals surface area contributed by atoms with E-state index in [-0.39, 0.29) is 11.8 Å². The van der Waals surface area contributed by atoms with Gasteiger partial charge >= 0.3 is 0 Å². The third-order valence-corrected chi connectivity index (χ3v) is 6.65. The smallest absolute Gasteiger partial charge is 0.232 e. The highest BCUT2D eigenvalue weighted by molar-refractivity contribution is 8.00. The molecule has 2 heterocycles. The molecule has 0 N–H and O–H groups in total. The van der Waals surface area contributed by atoms with Gasteiger partial charge in [-0.15, -0.1) is 11.8 Å². The van der Waals surface area contributed by atoms with Crippen molar-refractivity contribution in [3.05, 3.63) is 35.4 Å². The van der Waals surface area contributed by atoms with Crippen LogP contribution in [0.4, 0.5) is 0 Å². The average Bonchev–Trinajstić information content (AvgIpc) is 2.74. The Bertz CT molecular complexity index is 636. The van der Waals surface area contributed by atoms with Crippen molar-refractivity contribution in [1.29, 1.82) is 0 Å². The number of nitrogens with zero attached hydrogens (tertiary/aromatic N) is 2. The standard InChI is InChI=1S/C22H32N2O3S/c1-18-2-4-19(5-3-18)6-7-20-8-10-23(11-9-20)21(25)16-28-17-22(26)24-12-14-27-15-13-24/h2-5,20H,6-17H2,1H3. The lowest BCUT2D eigenvalue weighted by atomic mass is 9.90. The van der Waals surface area contributed by atoms with Gasteiger partial charge in [-0.2, -0.15) is 0 Å². The summed E-state index contributed by atoms with van der Waals surface area (Å²) in [6.07, 6.45) is 4.51. The van der Waals surface area contributed by atoms with E-state index in [9.17, 15) is 9.59 Å². The fourth-order valence-corrected chi connectivity index (χ4v) is 4.63. The van der Waals surface area contributed by atoms with E-state index in [0.29, 0.717) is 43.7 Å². The van der Waals surface area contributed by atoms with Gasteiger partial charge in [0.15, 0.2) is 0 Å². The molecular formula is C22H32N2O3S. The molecule has 3 rings (SSSR count). The van der Waals surface area contributed by atoms with E-state index >= 15 is 0 Å². The first-order valence-electron chi connectivity index (χ1n) is 10.4. The molecule has 0 spiro atoms. The molecule has 0 atom stereocenters. The first-order valence-corrected chi connectivity index (χ1v) is 11.5. The van der Waals surface area contributed by atoms with Crippen LogP contribution in [-0.4, -0.2) is 72.5 Å². The van der Waals surface area contributed by atoms with Gasteiger partial charge in [0.1, 0.15) is 0 Å². The summed E-state index contributed by atoms with van der Waals surface area (Å²) in [5, 5.41) is 0. The second-order valence-corrected chi connectivity index (χ2v) is 8.82. The van der Waals surface area contributed by atoms with Gasteiger partial charge in [-0.3, -0.25) is 9.59 Å². The number of piperidine rings is 1. The Morgan fingerprint density at radius 1 is 0.964 bits per heavy atom. The Morgan fingerprint density at radius 3 is 2.14 bits per heavy atom. The number of likely N-dealkylation sites (tertiary alicyclic amines) is 1. The Kier molecular flexibility index (Phi) is 8.22. The molecule has 2 saturated heterocycles. The van der Waals surface area contributed by atoms with Crippen molar-refractivity contribution < 1.29 is 14.3 Å². The summed E-state index contributed by atoms with van der Waals surface area (Å²) in [6.45, 7) is 6.41. The average molecular weight is 405 g/mol. The monoisotopic (exact) mass is 404 g/mol. The van der Waals surface area contributed by atoms with Gasteiger partial charge in [-0.1, -0.05) is 29.8 Å². The van der Waals surface area contributed by atoms with Gasteiger partial charge in [0.25, 0.3) is 0 Å². The maximum Gasteiger partial charge on any atom is 0.232 e. The van der Waals surface area contributed by atoms with E-state index in [1.54, 1.807) is 0 Å². The van der Waals surface area contributed by atoms with Gasteiger partial charge in [0, 0.05) is 26.2 Å². The highest BCUT2D eigenvalue weighted by Crippen LogP contribution is 2.23. The molecular weight excluding hydrogens is 372 g/mol. The number of carbonyl (C=O) groups excluding carboxylic acids is 2. The Balaban J connectivity index is 1.30. The van der Waals surface area contributed by atoms with Crippen LogP contribution in [0.5, 0.6) is 0 Å². The summed E-state index contributed by atoms with van der Waals surface area (Å²) < 4.78 is 5.27. The summed E-state index contributed by atoms with van der Waals surface area (Å²) in [4.78, 5) is 28.4. The number of benzene rings is 1. The Labute approximate surface area is 172 Å². The van der Waals surface area contributed by atoms with Crippen LogP contribution < -0.4 is 0 Å². The van der Waals surface area contributed by atoms with Gasteiger partial charge in [0.05, 0.1) is 24.7 Å². The van der Waals surface area contributed by atoms with Crippen molar-refractivity contribution in [2.45, 2.75) is 32.6 Å². The van der Waals surface area contributed by atoms with Crippen molar-refractivity contribution in [3.63, 3.8) is 0 Å². The second-order valence-electron chi connectivity index (χ2n) is 7.83. The van der Waals surface area contributed by atoms with Crippen LogP contribution in [0.15, 0.2) is 24.3 Å². The molecule has 0 aromatic heterocycles. The fourth-order valence-electron chi connectivity index (χ4n) is 3.82. The Hall–Kier alpha value is -1.53. The molecule has 2 aliphatic heterocycles. The molecule has 6 heteroatoms. The molecule has 0 unspecified atom stereocenters. The lowest BCUT2D eigenvalue weighted by Gasteiger charge is -2.32. The topological polar surface area (TPSA) is 49.9 Å². The molecule has 2 amide bonds. The first-order chi connectivity index (χ1) is 13.6. The van der Waals surface area contributed by atoms with Crippen molar-refractivity contribution in [1.82, 2.24) is 9.80 Å². The number of hydrogen-bond donors (Lipinski definition) is 0.